The molecule has 0 radical (unpaired) electrons. The summed E-state index contributed by atoms with van der Waals surface area (Å²) in [6.45, 7) is 6.05. The minimum atomic E-state index is -0.701. The first kappa shape index (κ1) is 19.6. The standard InChI is InChI=1S/C22H24N2O4/c1-4-5-17-12-20(25)28-19-11-14(2)10-18(21(17)19)27-15(3)22(26)24-13-16-6-8-23-9-7-16/h6-12,15H,4-5,13H2,1-3H3,(H,24,26)/t15-/m1/s1. The summed E-state index contributed by atoms with van der Waals surface area (Å²) in [7, 11) is 0. The third-order valence-electron chi connectivity index (χ3n) is 4.44. The van der Waals surface area contributed by atoms with Crippen LogP contribution in [-0.4, -0.2) is 17.0 Å². The Morgan fingerprint density at radius 1 is 1.25 bits per heavy atom. The number of benzene rings is 1. The molecule has 6 heteroatoms. The Labute approximate surface area is 163 Å². The van der Waals surface area contributed by atoms with Crippen molar-refractivity contribution in [3.63, 3.8) is 0 Å². The maximum absolute atomic E-state index is 12.5. The Morgan fingerprint density at radius 2 is 2.00 bits per heavy atom. The Hall–Kier alpha value is -3.15. The second-order valence-corrected chi connectivity index (χ2v) is 6.81. The van der Waals surface area contributed by atoms with Gasteiger partial charge in [0, 0.05) is 25.0 Å². The van der Waals surface area contributed by atoms with Crippen LogP contribution >= 0.6 is 0 Å². The van der Waals surface area contributed by atoms with Gasteiger partial charge in [0.25, 0.3) is 5.91 Å². The van der Waals surface area contributed by atoms with Crippen molar-refractivity contribution in [1.29, 1.82) is 0 Å². The van der Waals surface area contributed by atoms with E-state index >= 15 is 0 Å². The molecule has 0 bridgehead atoms. The molecule has 0 saturated heterocycles. The van der Waals surface area contributed by atoms with E-state index in [0.29, 0.717) is 17.9 Å². The first-order chi connectivity index (χ1) is 13.5. The van der Waals surface area contributed by atoms with Crippen molar-refractivity contribution in [1.82, 2.24) is 10.3 Å². The summed E-state index contributed by atoms with van der Waals surface area (Å²) in [6.07, 6.45) is 4.28. The maximum atomic E-state index is 12.5. The number of hydrogen-bond acceptors (Lipinski definition) is 5. The van der Waals surface area contributed by atoms with E-state index in [1.807, 2.05) is 38.1 Å². The number of hydrogen-bond donors (Lipinski definition) is 1. The van der Waals surface area contributed by atoms with E-state index in [9.17, 15) is 9.59 Å². The summed E-state index contributed by atoms with van der Waals surface area (Å²) >= 11 is 0. The summed E-state index contributed by atoms with van der Waals surface area (Å²) in [5.41, 5.74) is 2.83. The van der Waals surface area contributed by atoms with Gasteiger partial charge >= 0.3 is 5.63 Å². The SMILES string of the molecule is CCCc1cc(=O)oc2cc(C)cc(O[C@H](C)C(=O)NCc3ccncc3)c12. The zero-order valence-corrected chi connectivity index (χ0v) is 16.3. The van der Waals surface area contributed by atoms with Crippen molar-refractivity contribution in [3.05, 3.63) is 69.8 Å². The third kappa shape index (κ3) is 4.57. The average Bonchev–Trinajstić information content (AvgIpc) is 2.66. The summed E-state index contributed by atoms with van der Waals surface area (Å²) in [6, 6.07) is 8.88. The van der Waals surface area contributed by atoms with E-state index in [2.05, 4.69) is 10.3 Å². The highest BCUT2D eigenvalue weighted by Gasteiger charge is 2.18. The number of nitrogens with one attached hydrogen (secondary N) is 1. The number of pyridine rings is 1. The molecular formula is C22H24N2O4. The van der Waals surface area contributed by atoms with Gasteiger partial charge < -0.3 is 14.5 Å². The molecule has 2 aromatic heterocycles. The fraction of sp³-hybridized carbons (Fsp3) is 0.318. The number of nitrogens with zero attached hydrogens (tertiary/aromatic N) is 1. The lowest BCUT2D eigenvalue weighted by atomic mass is 10.0. The number of aryl methyl sites for hydroxylation is 2. The lowest BCUT2D eigenvalue weighted by molar-refractivity contribution is -0.127. The molecular weight excluding hydrogens is 356 g/mol. The van der Waals surface area contributed by atoms with Crippen molar-refractivity contribution < 1.29 is 13.9 Å². The first-order valence-electron chi connectivity index (χ1n) is 9.38. The van der Waals surface area contributed by atoms with Crippen LogP contribution in [0.1, 0.15) is 37.0 Å². The predicted octanol–water partition coefficient (Wildman–Crippen LogP) is 3.53. The van der Waals surface area contributed by atoms with Crippen molar-refractivity contribution in [2.45, 2.75) is 46.3 Å². The number of ether oxygens (including phenoxy) is 1. The highest BCUT2D eigenvalue weighted by molar-refractivity contribution is 5.88. The van der Waals surface area contributed by atoms with Gasteiger partial charge in [0.05, 0.1) is 5.39 Å². The van der Waals surface area contributed by atoms with Crippen LogP contribution in [0, 0.1) is 6.92 Å². The maximum Gasteiger partial charge on any atom is 0.336 e. The predicted molar refractivity (Wildman–Crippen MR) is 107 cm³/mol. The molecule has 1 aromatic carbocycles. The van der Waals surface area contributed by atoms with Crippen molar-refractivity contribution in [3.8, 4) is 5.75 Å². The van der Waals surface area contributed by atoms with Crippen LogP contribution in [0.25, 0.3) is 11.0 Å². The molecule has 1 atom stereocenters. The highest BCUT2D eigenvalue weighted by atomic mass is 16.5. The molecule has 3 rings (SSSR count). The lowest BCUT2D eigenvalue weighted by Gasteiger charge is -2.18. The van der Waals surface area contributed by atoms with Crippen LogP contribution in [-0.2, 0) is 17.8 Å². The Morgan fingerprint density at radius 3 is 2.71 bits per heavy atom. The van der Waals surface area contributed by atoms with Crippen LogP contribution < -0.4 is 15.7 Å². The molecule has 0 unspecified atom stereocenters. The first-order valence-corrected chi connectivity index (χ1v) is 9.38. The zero-order valence-electron chi connectivity index (χ0n) is 16.3. The minimum Gasteiger partial charge on any atom is -0.480 e. The molecule has 146 valence electrons. The normalized spacial score (nSPS) is 12.0. The Balaban J connectivity index is 1.84. The van der Waals surface area contributed by atoms with Crippen molar-refractivity contribution in [2.75, 3.05) is 0 Å². The van der Waals surface area contributed by atoms with E-state index in [1.165, 1.54) is 6.07 Å². The van der Waals surface area contributed by atoms with Crippen LogP contribution in [0.15, 0.2) is 51.9 Å². The van der Waals surface area contributed by atoms with Gasteiger partial charge in [-0.3, -0.25) is 9.78 Å². The average molecular weight is 380 g/mol. The molecule has 0 aliphatic heterocycles. The quantitative estimate of drug-likeness (QED) is 0.634. The van der Waals surface area contributed by atoms with E-state index in [0.717, 1.165) is 34.9 Å². The Bertz CT molecular complexity index is 1030. The number of carbonyl (C=O) groups is 1. The van der Waals surface area contributed by atoms with Gasteiger partial charge in [-0.2, -0.15) is 0 Å². The minimum absolute atomic E-state index is 0.221. The van der Waals surface area contributed by atoms with Gasteiger partial charge in [0.2, 0.25) is 0 Å². The third-order valence-corrected chi connectivity index (χ3v) is 4.44. The monoisotopic (exact) mass is 380 g/mol. The summed E-state index contributed by atoms with van der Waals surface area (Å²) in [5, 5.41) is 3.62. The number of carbonyl (C=O) groups excluding carboxylic acids is 1. The van der Waals surface area contributed by atoms with E-state index in [4.69, 9.17) is 9.15 Å². The van der Waals surface area contributed by atoms with Gasteiger partial charge in [0.15, 0.2) is 6.10 Å². The topological polar surface area (TPSA) is 81.4 Å². The summed E-state index contributed by atoms with van der Waals surface area (Å²) < 4.78 is 11.4. The van der Waals surface area contributed by atoms with Crippen LogP contribution in [0.3, 0.4) is 0 Å². The number of amides is 1. The Kier molecular flexibility index (Phi) is 6.09. The van der Waals surface area contributed by atoms with Gasteiger partial charge in [-0.15, -0.1) is 0 Å². The number of rotatable bonds is 7. The number of fused-ring (bicyclic) bond motifs is 1. The van der Waals surface area contributed by atoms with Gasteiger partial charge in [0.1, 0.15) is 11.3 Å². The molecule has 0 aliphatic rings. The fourth-order valence-electron chi connectivity index (χ4n) is 3.11. The van der Waals surface area contributed by atoms with E-state index < -0.39 is 6.10 Å². The van der Waals surface area contributed by atoms with Crippen molar-refractivity contribution >= 4 is 16.9 Å². The molecule has 1 amide bonds. The van der Waals surface area contributed by atoms with Gasteiger partial charge in [-0.25, -0.2) is 4.79 Å². The van der Waals surface area contributed by atoms with E-state index in [-0.39, 0.29) is 11.5 Å². The van der Waals surface area contributed by atoms with Gasteiger partial charge in [-0.1, -0.05) is 13.3 Å². The molecule has 0 aliphatic carbocycles. The number of aromatic nitrogens is 1. The second kappa shape index (κ2) is 8.69. The molecule has 1 N–H and O–H groups in total. The lowest BCUT2D eigenvalue weighted by Crippen LogP contribution is -2.36. The molecule has 2 heterocycles. The molecule has 6 nitrogen and oxygen atoms in total. The second-order valence-electron chi connectivity index (χ2n) is 6.81. The van der Waals surface area contributed by atoms with Crippen LogP contribution in [0.4, 0.5) is 0 Å². The van der Waals surface area contributed by atoms with E-state index in [1.54, 1.807) is 19.3 Å². The molecule has 0 spiro atoms. The fourth-order valence-corrected chi connectivity index (χ4v) is 3.11. The zero-order chi connectivity index (χ0) is 20.1. The van der Waals surface area contributed by atoms with Crippen molar-refractivity contribution in [2.24, 2.45) is 0 Å². The molecule has 28 heavy (non-hydrogen) atoms. The highest BCUT2D eigenvalue weighted by Crippen LogP contribution is 2.31. The van der Waals surface area contributed by atoms with Gasteiger partial charge in [-0.05, 0) is 61.2 Å². The molecule has 3 aromatic rings. The van der Waals surface area contributed by atoms with Crippen LogP contribution in [0.5, 0.6) is 5.75 Å². The smallest absolute Gasteiger partial charge is 0.336 e. The molecule has 0 saturated carbocycles. The summed E-state index contributed by atoms with van der Waals surface area (Å²) in [4.78, 5) is 28.3. The molecule has 0 fully saturated rings. The van der Waals surface area contributed by atoms with Crippen LogP contribution in [0.2, 0.25) is 0 Å². The summed E-state index contributed by atoms with van der Waals surface area (Å²) in [5.74, 6) is 0.328. The largest absolute Gasteiger partial charge is 0.480 e.